The molecule has 18 heavy (non-hydrogen) atoms. The quantitative estimate of drug-likeness (QED) is 0.846. The first-order valence-electron chi connectivity index (χ1n) is 5.45. The van der Waals surface area contributed by atoms with Crippen LogP contribution in [0.1, 0.15) is 39.3 Å². The Morgan fingerprint density at radius 2 is 1.78 bits per heavy atom. The fourth-order valence-corrected chi connectivity index (χ4v) is 2.09. The maximum absolute atomic E-state index is 13.5. The number of rotatable bonds is 3. The van der Waals surface area contributed by atoms with Gasteiger partial charge in [0.25, 0.3) is 0 Å². The van der Waals surface area contributed by atoms with Crippen LogP contribution in [0, 0.1) is 17.5 Å². The molecule has 1 aromatic rings. The fraction of sp³-hybridized carbons (Fsp3) is 0.500. The zero-order valence-corrected chi connectivity index (χ0v) is 11.5. The van der Waals surface area contributed by atoms with Gasteiger partial charge in [0.05, 0.1) is 15.7 Å². The molecule has 0 bridgehead atoms. The lowest BCUT2D eigenvalue weighted by Gasteiger charge is -2.22. The second kappa shape index (κ2) is 5.40. The molecule has 1 N–H and O–H groups in total. The minimum atomic E-state index is -1.45. The van der Waals surface area contributed by atoms with E-state index in [9.17, 15) is 17.4 Å². The van der Waals surface area contributed by atoms with Crippen LogP contribution < -0.4 is 4.72 Å². The van der Waals surface area contributed by atoms with Crippen molar-refractivity contribution in [3.8, 4) is 0 Å². The van der Waals surface area contributed by atoms with E-state index in [2.05, 4.69) is 4.72 Å². The van der Waals surface area contributed by atoms with E-state index in [0.29, 0.717) is 6.07 Å². The summed E-state index contributed by atoms with van der Waals surface area (Å²) in [5.74, 6) is -3.23. The van der Waals surface area contributed by atoms with E-state index in [1.807, 2.05) is 0 Å². The molecule has 1 unspecified atom stereocenters. The van der Waals surface area contributed by atoms with Crippen LogP contribution >= 0.6 is 0 Å². The molecule has 0 saturated carbocycles. The molecule has 6 heteroatoms. The van der Waals surface area contributed by atoms with E-state index in [1.165, 1.54) is 6.92 Å². The highest BCUT2D eigenvalue weighted by molar-refractivity contribution is 7.84. The van der Waals surface area contributed by atoms with E-state index >= 15 is 0 Å². The number of benzene rings is 1. The third-order valence-corrected chi connectivity index (χ3v) is 4.01. The van der Waals surface area contributed by atoms with Crippen LogP contribution in [0.3, 0.4) is 0 Å². The Labute approximate surface area is 107 Å². The highest BCUT2D eigenvalue weighted by atomic mass is 32.2. The highest BCUT2D eigenvalue weighted by Crippen LogP contribution is 2.22. The normalized spacial score (nSPS) is 15.5. The Morgan fingerprint density at radius 3 is 2.28 bits per heavy atom. The smallest absolute Gasteiger partial charge is 0.163 e. The molecule has 0 spiro atoms. The Hall–Kier alpha value is -0.880. The maximum Gasteiger partial charge on any atom is 0.163 e. The summed E-state index contributed by atoms with van der Waals surface area (Å²) in [6, 6.07) is 0.623. The predicted molar refractivity (Wildman–Crippen MR) is 65.8 cm³/mol. The Morgan fingerprint density at radius 1 is 1.22 bits per heavy atom. The summed E-state index contributed by atoms with van der Waals surface area (Å²) in [6.45, 7) is 6.73. The highest BCUT2D eigenvalue weighted by Gasteiger charge is 2.24. The minimum absolute atomic E-state index is 0.176. The predicted octanol–water partition coefficient (Wildman–Crippen LogP) is 3.22. The molecule has 102 valence electrons. The molecule has 0 saturated heterocycles. The molecule has 0 aliphatic heterocycles. The van der Waals surface area contributed by atoms with Crippen molar-refractivity contribution in [3.63, 3.8) is 0 Å². The SMILES string of the molecule is C[C@@H](NS(=O)C(C)(C)C)c1cc(F)cc(F)c1F. The van der Waals surface area contributed by atoms with Crippen molar-refractivity contribution in [2.45, 2.75) is 38.5 Å². The van der Waals surface area contributed by atoms with Crippen molar-refractivity contribution in [1.82, 2.24) is 4.72 Å². The summed E-state index contributed by atoms with van der Waals surface area (Å²) in [6.07, 6.45) is 0. The first-order chi connectivity index (χ1) is 8.12. The van der Waals surface area contributed by atoms with Crippen LogP contribution in [0.25, 0.3) is 0 Å². The first kappa shape index (κ1) is 15.2. The number of hydrogen-bond donors (Lipinski definition) is 1. The molecule has 1 rings (SSSR count). The van der Waals surface area contributed by atoms with Gasteiger partial charge in [-0.1, -0.05) is 0 Å². The zero-order chi connectivity index (χ0) is 14.1. The molecular formula is C12H16F3NOS. The van der Waals surface area contributed by atoms with Crippen LogP contribution in [-0.4, -0.2) is 8.96 Å². The van der Waals surface area contributed by atoms with Gasteiger partial charge in [-0.15, -0.1) is 0 Å². The van der Waals surface area contributed by atoms with Crippen molar-refractivity contribution < 1.29 is 17.4 Å². The van der Waals surface area contributed by atoms with Gasteiger partial charge in [0.15, 0.2) is 11.6 Å². The average molecular weight is 279 g/mol. The summed E-state index contributed by atoms with van der Waals surface area (Å²) in [7, 11) is -1.45. The molecule has 1 aromatic carbocycles. The van der Waals surface area contributed by atoms with Crippen molar-refractivity contribution >= 4 is 11.0 Å². The first-order valence-corrected chi connectivity index (χ1v) is 6.60. The second-order valence-electron chi connectivity index (χ2n) is 5.01. The Kier molecular flexibility index (Phi) is 4.55. The van der Waals surface area contributed by atoms with Gasteiger partial charge in [-0.05, 0) is 33.8 Å². The summed E-state index contributed by atoms with van der Waals surface area (Å²) >= 11 is 0. The monoisotopic (exact) mass is 279 g/mol. The summed E-state index contributed by atoms with van der Waals surface area (Å²) < 4.78 is 53.5. The van der Waals surface area contributed by atoms with Gasteiger partial charge >= 0.3 is 0 Å². The largest absolute Gasteiger partial charge is 0.242 e. The van der Waals surface area contributed by atoms with Gasteiger partial charge in [-0.3, -0.25) is 0 Å². The maximum atomic E-state index is 13.5. The molecule has 0 aliphatic rings. The van der Waals surface area contributed by atoms with Crippen LogP contribution in [-0.2, 0) is 11.0 Å². The van der Waals surface area contributed by atoms with Crippen LogP contribution in [0.4, 0.5) is 13.2 Å². The molecule has 0 aromatic heterocycles. The van der Waals surface area contributed by atoms with E-state index in [0.717, 1.165) is 6.07 Å². The molecule has 2 nitrogen and oxygen atoms in total. The van der Waals surface area contributed by atoms with Crippen LogP contribution in [0.15, 0.2) is 12.1 Å². The lowest BCUT2D eigenvalue weighted by molar-refractivity contribution is 0.474. The topological polar surface area (TPSA) is 29.1 Å². The van der Waals surface area contributed by atoms with Gasteiger partial charge < -0.3 is 0 Å². The molecule has 2 atom stereocenters. The van der Waals surface area contributed by atoms with E-state index in [4.69, 9.17) is 0 Å². The summed E-state index contributed by atoms with van der Waals surface area (Å²) in [4.78, 5) is 0. The van der Waals surface area contributed by atoms with E-state index < -0.39 is 39.2 Å². The van der Waals surface area contributed by atoms with E-state index in [1.54, 1.807) is 20.8 Å². The van der Waals surface area contributed by atoms with E-state index in [-0.39, 0.29) is 5.56 Å². The third-order valence-electron chi connectivity index (χ3n) is 2.33. The van der Waals surface area contributed by atoms with Crippen LogP contribution in [0.2, 0.25) is 0 Å². The fourth-order valence-electron chi connectivity index (χ4n) is 1.29. The van der Waals surface area contributed by atoms with Gasteiger partial charge in [0.1, 0.15) is 5.82 Å². The standard InChI is InChI=1S/C12H16F3NOS/c1-7(16-18(17)12(2,3)4)9-5-8(13)6-10(14)11(9)15/h5-7,16H,1-4H3/t7-,18?/m1/s1. The van der Waals surface area contributed by atoms with Gasteiger partial charge in [0, 0.05) is 17.7 Å². The lowest BCUT2D eigenvalue weighted by atomic mass is 10.1. The van der Waals surface area contributed by atoms with Crippen molar-refractivity contribution in [2.75, 3.05) is 0 Å². The Bertz CT molecular complexity index is 471. The molecule has 0 amide bonds. The van der Waals surface area contributed by atoms with Gasteiger partial charge in [-0.2, -0.15) is 0 Å². The summed E-state index contributed by atoms with van der Waals surface area (Å²) in [5.41, 5.74) is -0.176. The molecule has 0 radical (unpaired) electrons. The number of halogens is 3. The molecule has 0 heterocycles. The Balaban J connectivity index is 2.98. The average Bonchev–Trinajstić information content (AvgIpc) is 2.21. The molecule has 0 fully saturated rings. The summed E-state index contributed by atoms with van der Waals surface area (Å²) in [5, 5.41) is 0. The molecular weight excluding hydrogens is 263 g/mol. The number of hydrogen-bond acceptors (Lipinski definition) is 1. The van der Waals surface area contributed by atoms with Gasteiger partial charge in [0.2, 0.25) is 0 Å². The van der Waals surface area contributed by atoms with Crippen molar-refractivity contribution in [2.24, 2.45) is 0 Å². The second-order valence-corrected chi connectivity index (χ2v) is 7.01. The third kappa shape index (κ3) is 3.55. The van der Waals surface area contributed by atoms with Gasteiger partial charge in [-0.25, -0.2) is 22.1 Å². The van der Waals surface area contributed by atoms with Crippen molar-refractivity contribution in [3.05, 3.63) is 35.1 Å². The molecule has 0 aliphatic carbocycles. The number of nitrogens with one attached hydrogen (secondary N) is 1. The van der Waals surface area contributed by atoms with Crippen molar-refractivity contribution in [1.29, 1.82) is 0 Å². The van der Waals surface area contributed by atoms with Crippen LogP contribution in [0.5, 0.6) is 0 Å². The lowest BCUT2D eigenvalue weighted by Crippen LogP contribution is -2.35. The minimum Gasteiger partial charge on any atom is -0.242 e. The zero-order valence-electron chi connectivity index (χ0n) is 10.7.